The van der Waals surface area contributed by atoms with E-state index < -0.39 is 15.8 Å². The van der Waals surface area contributed by atoms with Gasteiger partial charge >= 0.3 is 5.97 Å². The molecule has 1 heterocycles. The number of carbonyl (C=O) groups excluding carboxylic acids is 2. The monoisotopic (exact) mass is 381 g/mol. The van der Waals surface area contributed by atoms with E-state index >= 15 is 0 Å². The van der Waals surface area contributed by atoms with Gasteiger partial charge in [-0.3, -0.25) is 4.79 Å². The van der Waals surface area contributed by atoms with E-state index in [2.05, 4.69) is 5.32 Å². The van der Waals surface area contributed by atoms with E-state index in [1.165, 1.54) is 11.3 Å². The van der Waals surface area contributed by atoms with E-state index in [1.807, 2.05) is 11.4 Å². The Morgan fingerprint density at radius 2 is 1.88 bits per heavy atom. The quantitative estimate of drug-likeness (QED) is 0.560. The lowest BCUT2D eigenvalue weighted by Gasteiger charge is -2.06. The second-order valence-electron chi connectivity index (χ2n) is 5.49. The normalized spacial score (nSPS) is 11.1. The zero-order chi connectivity index (χ0) is 18.3. The Labute approximate surface area is 150 Å². The molecule has 0 fully saturated rings. The molecule has 0 saturated heterocycles. The van der Waals surface area contributed by atoms with Crippen molar-refractivity contribution in [2.75, 3.05) is 19.4 Å². The van der Waals surface area contributed by atoms with E-state index in [4.69, 9.17) is 4.74 Å². The van der Waals surface area contributed by atoms with Crippen molar-refractivity contribution in [2.45, 2.75) is 12.2 Å². The molecule has 8 heteroatoms. The molecule has 1 amide bonds. The molecule has 0 radical (unpaired) electrons. The number of carbonyl (C=O) groups is 2. The summed E-state index contributed by atoms with van der Waals surface area (Å²) in [4.78, 5) is 24.2. The molecule has 0 spiro atoms. The van der Waals surface area contributed by atoms with Crippen LogP contribution < -0.4 is 5.32 Å². The van der Waals surface area contributed by atoms with Gasteiger partial charge in [0.15, 0.2) is 9.84 Å². The summed E-state index contributed by atoms with van der Waals surface area (Å²) >= 11 is 1.37. The first-order valence-corrected chi connectivity index (χ1v) is 10.5. The highest BCUT2D eigenvalue weighted by Gasteiger charge is 2.09. The summed E-state index contributed by atoms with van der Waals surface area (Å²) in [5.41, 5.74) is 0.982. The number of benzene rings is 1. The molecule has 0 aliphatic rings. The maximum Gasteiger partial charge on any atom is 0.338 e. The molecule has 0 saturated carbocycles. The highest BCUT2D eigenvalue weighted by molar-refractivity contribution is 7.89. The number of rotatable bonds is 8. The van der Waals surface area contributed by atoms with Crippen LogP contribution in [0.3, 0.4) is 0 Å². The van der Waals surface area contributed by atoms with Crippen molar-refractivity contribution in [3.8, 4) is 0 Å². The molecule has 0 aliphatic heterocycles. The molecule has 2 rings (SSSR count). The first kappa shape index (κ1) is 19.1. The van der Waals surface area contributed by atoms with Crippen molar-refractivity contribution in [2.24, 2.45) is 0 Å². The maximum atomic E-state index is 11.9. The van der Waals surface area contributed by atoms with Crippen LogP contribution in [0.4, 0.5) is 0 Å². The van der Waals surface area contributed by atoms with Gasteiger partial charge in [-0.05, 0) is 35.6 Å². The van der Waals surface area contributed by atoms with Crippen molar-refractivity contribution in [1.82, 2.24) is 5.32 Å². The third-order valence-electron chi connectivity index (χ3n) is 3.20. The molecule has 25 heavy (non-hydrogen) atoms. The minimum atomic E-state index is -3.10. The lowest BCUT2D eigenvalue weighted by atomic mass is 10.1. The van der Waals surface area contributed by atoms with Crippen LogP contribution in [0.25, 0.3) is 0 Å². The van der Waals surface area contributed by atoms with Crippen molar-refractivity contribution in [3.63, 3.8) is 0 Å². The van der Waals surface area contributed by atoms with Gasteiger partial charge in [0.2, 0.25) is 0 Å². The Balaban J connectivity index is 1.70. The predicted octanol–water partition coefficient (Wildman–Crippen LogP) is 2.27. The van der Waals surface area contributed by atoms with E-state index in [0.717, 1.165) is 6.26 Å². The summed E-state index contributed by atoms with van der Waals surface area (Å²) in [5.74, 6) is -0.676. The second kappa shape index (κ2) is 8.77. The SMILES string of the molecule is CS(=O)(=O)Cc1ccc(C(=O)OCCCNC(=O)c2cccs2)cc1. The van der Waals surface area contributed by atoms with Crippen LogP contribution in [0.15, 0.2) is 41.8 Å². The Bertz CT molecular complexity index is 811. The Hall–Kier alpha value is -2.19. The zero-order valence-electron chi connectivity index (χ0n) is 13.7. The van der Waals surface area contributed by atoms with E-state index in [9.17, 15) is 18.0 Å². The van der Waals surface area contributed by atoms with Crippen molar-refractivity contribution in [1.29, 1.82) is 0 Å². The van der Waals surface area contributed by atoms with Gasteiger partial charge in [-0.2, -0.15) is 0 Å². The summed E-state index contributed by atoms with van der Waals surface area (Å²) in [5, 5.41) is 4.58. The van der Waals surface area contributed by atoms with Crippen LogP contribution in [0.5, 0.6) is 0 Å². The van der Waals surface area contributed by atoms with Crippen LogP contribution in [-0.4, -0.2) is 39.7 Å². The van der Waals surface area contributed by atoms with Crippen molar-refractivity contribution < 1.29 is 22.7 Å². The van der Waals surface area contributed by atoms with Crippen LogP contribution in [-0.2, 0) is 20.3 Å². The van der Waals surface area contributed by atoms with Crippen LogP contribution in [0.1, 0.15) is 32.0 Å². The topological polar surface area (TPSA) is 89.5 Å². The fraction of sp³-hybridized carbons (Fsp3) is 0.294. The largest absolute Gasteiger partial charge is 0.462 e. The molecular weight excluding hydrogens is 362 g/mol. The third kappa shape index (κ3) is 6.67. The van der Waals surface area contributed by atoms with Gasteiger partial charge in [0.25, 0.3) is 5.91 Å². The lowest BCUT2D eigenvalue weighted by Crippen LogP contribution is -2.24. The molecule has 134 valence electrons. The van der Waals surface area contributed by atoms with Gasteiger partial charge in [0.05, 0.1) is 22.8 Å². The molecule has 1 aromatic carbocycles. The predicted molar refractivity (Wildman–Crippen MR) is 96.5 cm³/mol. The number of sulfone groups is 1. The van der Waals surface area contributed by atoms with Crippen LogP contribution >= 0.6 is 11.3 Å². The van der Waals surface area contributed by atoms with E-state index in [1.54, 1.807) is 30.3 Å². The molecule has 2 aromatic rings. The fourth-order valence-electron chi connectivity index (χ4n) is 2.06. The Kier molecular flexibility index (Phi) is 6.72. The van der Waals surface area contributed by atoms with E-state index in [-0.39, 0.29) is 18.3 Å². The van der Waals surface area contributed by atoms with Gasteiger partial charge in [-0.15, -0.1) is 11.3 Å². The molecule has 0 unspecified atom stereocenters. The average Bonchev–Trinajstić information content (AvgIpc) is 3.08. The molecule has 1 N–H and O–H groups in total. The number of nitrogens with one attached hydrogen (secondary N) is 1. The van der Waals surface area contributed by atoms with Gasteiger partial charge in [-0.1, -0.05) is 18.2 Å². The lowest BCUT2D eigenvalue weighted by molar-refractivity contribution is 0.0501. The standard InChI is InChI=1S/C17H19NO5S2/c1-25(21,22)12-13-5-7-14(8-6-13)17(20)23-10-3-9-18-16(19)15-4-2-11-24-15/h2,4-8,11H,3,9-10,12H2,1H3,(H,18,19). The summed E-state index contributed by atoms with van der Waals surface area (Å²) in [6, 6.07) is 9.83. The van der Waals surface area contributed by atoms with Gasteiger partial charge in [0, 0.05) is 12.8 Å². The van der Waals surface area contributed by atoms with Crippen LogP contribution in [0.2, 0.25) is 0 Å². The first-order valence-electron chi connectivity index (χ1n) is 7.60. The third-order valence-corrected chi connectivity index (χ3v) is 4.93. The van der Waals surface area contributed by atoms with Gasteiger partial charge in [0.1, 0.15) is 0 Å². The second-order valence-corrected chi connectivity index (χ2v) is 8.58. The molecule has 0 aliphatic carbocycles. The number of thiophene rings is 1. The van der Waals surface area contributed by atoms with Crippen molar-refractivity contribution >= 4 is 33.1 Å². The molecule has 0 atom stereocenters. The zero-order valence-corrected chi connectivity index (χ0v) is 15.4. The Morgan fingerprint density at radius 3 is 2.48 bits per heavy atom. The summed E-state index contributed by atoms with van der Waals surface area (Å²) in [6.45, 7) is 0.603. The number of ether oxygens (including phenoxy) is 1. The molecule has 0 bridgehead atoms. The Morgan fingerprint density at radius 1 is 1.16 bits per heavy atom. The summed E-state index contributed by atoms with van der Waals surface area (Å²) in [7, 11) is -3.10. The van der Waals surface area contributed by atoms with Crippen molar-refractivity contribution in [3.05, 3.63) is 57.8 Å². The fourth-order valence-corrected chi connectivity index (χ4v) is 3.49. The van der Waals surface area contributed by atoms with Gasteiger partial charge in [-0.25, -0.2) is 13.2 Å². The number of amides is 1. The number of hydrogen-bond acceptors (Lipinski definition) is 6. The first-order chi connectivity index (χ1) is 11.8. The number of hydrogen-bond donors (Lipinski definition) is 1. The smallest absolute Gasteiger partial charge is 0.338 e. The van der Waals surface area contributed by atoms with E-state index in [0.29, 0.717) is 29.0 Å². The molecule has 1 aromatic heterocycles. The molecular formula is C17H19NO5S2. The summed E-state index contributed by atoms with van der Waals surface area (Å²) in [6.07, 6.45) is 1.67. The maximum absolute atomic E-state index is 11.9. The van der Waals surface area contributed by atoms with Crippen LogP contribution in [0, 0.1) is 0 Å². The minimum absolute atomic E-state index is 0.0632. The number of esters is 1. The minimum Gasteiger partial charge on any atom is -0.462 e. The average molecular weight is 381 g/mol. The summed E-state index contributed by atoms with van der Waals surface area (Å²) < 4.78 is 27.6. The van der Waals surface area contributed by atoms with Gasteiger partial charge < -0.3 is 10.1 Å². The highest BCUT2D eigenvalue weighted by Crippen LogP contribution is 2.09. The highest BCUT2D eigenvalue weighted by atomic mass is 32.2. The molecule has 6 nitrogen and oxygen atoms in total.